The molecule has 0 aliphatic rings. The minimum Gasteiger partial charge on any atom is -0.388 e. The van der Waals surface area contributed by atoms with Gasteiger partial charge in [-0.15, -0.1) is 22.7 Å². The van der Waals surface area contributed by atoms with E-state index in [2.05, 4.69) is 47.7 Å². The van der Waals surface area contributed by atoms with Crippen LogP contribution in [0.25, 0.3) is 0 Å². The minimum atomic E-state index is -0.358. The number of rotatable bonds is 4. The third-order valence-electron chi connectivity index (χ3n) is 2.43. The van der Waals surface area contributed by atoms with Crippen LogP contribution in [0.15, 0.2) is 23.6 Å². The lowest BCUT2D eigenvalue weighted by Gasteiger charge is -2.06. The fraction of sp³-hybridized carbons (Fsp3) is 0.333. The molecule has 1 unspecified atom stereocenters. The number of aliphatic hydroxyl groups excluding tert-OH is 1. The molecule has 86 valence electrons. The van der Waals surface area contributed by atoms with Gasteiger partial charge in [0.1, 0.15) is 0 Å². The van der Waals surface area contributed by atoms with Crippen LogP contribution in [0.1, 0.15) is 28.3 Å². The SMILES string of the molecule is CCc1ccc(CC(O)c2csc(I)c2)s1. The van der Waals surface area contributed by atoms with Crippen molar-refractivity contribution in [2.24, 2.45) is 0 Å². The van der Waals surface area contributed by atoms with Gasteiger partial charge in [-0.3, -0.25) is 0 Å². The largest absolute Gasteiger partial charge is 0.388 e. The van der Waals surface area contributed by atoms with Gasteiger partial charge in [0.15, 0.2) is 0 Å². The predicted octanol–water partition coefficient (Wildman–Crippen LogP) is 4.25. The first-order chi connectivity index (χ1) is 7.69. The van der Waals surface area contributed by atoms with Crippen molar-refractivity contribution in [1.29, 1.82) is 0 Å². The molecule has 2 aromatic rings. The molecule has 0 spiro atoms. The molecule has 0 saturated carbocycles. The summed E-state index contributed by atoms with van der Waals surface area (Å²) in [5.41, 5.74) is 1.04. The second kappa shape index (κ2) is 5.62. The summed E-state index contributed by atoms with van der Waals surface area (Å²) in [6.07, 6.45) is 1.46. The van der Waals surface area contributed by atoms with Gasteiger partial charge in [-0.25, -0.2) is 0 Å². The van der Waals surface area contributed by atoms with Crippen LogP contribution in [-0.4, -0.2) is 5.11 Å². The lowest BCUT2D eigenvalue weighted by Crippen LogP contribution is -1.98. The van der Waals surface area contributed by atoms with Gasteiger partial charge in [-0.2, -0.15) is 0 Å². The van der Waals surface area contributed by atoms with E-state index in [9.17, 15) is 5.11 Å². The minimum absolute atomic E-state index is 0.358. The quantitative estimate of drug-likeness (QED) is 0.804. The number of thiophene rings is 2. The Hall–Kier alpha value is 0.0900. The lowest BCUT2D eigenvalue weighted by atomic mass is 10.1. The van der Waals surface area contributed by atoms with Crippen molar-refractivity contribution >= 4 is 45.3 Å². The molecule has 0 fully saturated rings. The Morgan fingerprint density at radius 1 is 1.38 bits per heavy atom. The fourth-order valence-corrected chi connectivity index (χ4v) is 3.94. The Morgan fingerprint density at radius 2 is 2.12 bits per heavy atom. The Labute approximate surface area is 117 Å². The summed E-state index contributed by atoms with van der Waals surface area (Å²) in [7, 11) is 0. The zero-order valence-corrected chi connectivity index (χ0v) is 12.7. The van der Waals surface area contributed by atoms with Crippen molar-refractivity contribution in [1.82, 2.24) is 0 Å². The lowest BCUT2D eigenvalue weighted by molar-refractivity contribution is 0.180. The first-order valence-corrected chi connectivity index (χ1v) is 7.96. The van der Waals surface area contributed by atoms with Gasteiger partial charge < -0.3 is 5.11 Å². The van der Waals surface area contributed by atoms with Crippen LogP contribution in [-0.2, 0) is 12.8 Å². The molecule has 2 aromatic heterocycles. The number of aryl methyl sites for hydroxylation is 1. The van der Waals surface area contributed by atoms with Gasteiger partial charge >= 0.3 is 0 Å². The first-order valence-electron chi connectivity index (χ1n) is 5.18. The van der Waals surface area contributed by atoms with E-state index in [0.29, 0.717) is 0 Å². The Morgan fingerprint density at radius 3 is 2.69 bits per heavy atom. The van der Waals surface area contributed by atoms with Crippen LogP contribution in [0.5, 0.6) is 0 Å². The average Bonchev–Trinajstić information content (AvgIpc) is 2.87. The topological polar surface area (TPSA) is 20.2 Å². The maximum atomic E-state index is 10.1. The first kappa shape index (κ1) is 12.5. The van der Waals surface area contributed by atoms with Crippen molar-refractivity contribution in [3.05, 3.63) is 41.8 Å². The number of halogens is 1. The molecule has 0 aromatic carbocycles. The number of hydrogen-bond donors (Lipinski definition) is 1. The van der Waals surface area contributed by atoms with E-state index in [4.69, 9.17) is 0 Å². The Kier molecular flexibility index (Phi) is 4.41. The van der Waals surface area contributed by atoms with E-state index < -0.39 is 0 Å². The van der Waals surface area contributed by atoms with E-state index in [0.717, 1.165) is 18.4 Å². The highest BCUT2D eigenvalue weighted by molar-refractivity contribution is 14.1. The number of aliphatic hydroxyl groups is 1. The maximum absolute atomic E-state index is 10.1. The van der Waals surface area contributed by atoms with Crippen LogP contribution in [0.4, 0.5) is 0 Å². The summed E-state index contributed by atoms with van der Waals surface area (Å²) in [6.45, 7) is 2.16. The van der Waals surface area contributed by atoms with Crippen LogP contribution in [0.2, 0.25) is 0 Å². The molecule has 2 rings (SSSR count). The molecule has 0 amide bonds. The van der Waals surface area contributed by atoms with Crippen molar-refractivity contribution < 1.29 is 5.11 Å². The molecule has 0 bridgehead atoms. The summed E-state index contributed by atoms with van der Waals surface area (Å²) < 4.78 is 1.23. The highest BCUT2D eigenvalue weighted by atomic mass is 127. The molecular weight excluding hydrogens is 351 g/mol. The second-order valence-corrected chi connectivity index (χ2v) is 7.68. The van der Waals surface area contributed by atoms with Gasteiger partial charge in [0.2, 0.25) is 0 Å². The van der Waals surface area contributed by atoms with Crippen LogP contribution in [0, 0.1) is 2.88 Å². The van der Waals surface area contributed by atoms with Crippen LogP contribution < -0.4 is 0 Å². The summed E-state index contributed by atoms with van der Waals surface area (Å²) in [4.78, 5) is 2.66. The van der Waals surface area contributed by atoms with E-state index in [-0.39, 0.29) is 6.10 Å². The molecular formula is C12H13IOS2. The molecule has 4 heteroatoms. The van der Waals surface area contributed by atoms with Crippen molar-refractivity contribution in [2.45, 2.75) is 25.9 Å². The third kappa shape index (κ3) is 3.06. The molecule has 0 aliphatic heterocycles. The van der Waals surface area contributed by atoms with Gasteiger partial charge in [0.25, 0.3) is 0 Å². The Balaban J connectivity index is 2.04. The number of hydrogen-bond acceptors (Lipinski definition) is 3. The molecule has 0 aliphatic carbocycles. The predicted molar refractivity (Wildman–Crippen MR) is 79.4 cm³/mol. The van der Waals surface area contributed by atoms with Crippen molar-refractivity contribution in [3.8, 4) is 0 Å². The molecule has 1 nitrogen and oxygen atoms in total. The summed E-state index contributed by atoms with van der Waals surface area (Å²) in [6, 6.07) is 6.35. The molecule has 16 heavy (non-hydrogen) atoms. The summed E-state index contributed by atoms with van der Waals surface area (Å²) in [5, 5.41) is 12.1. The molecule has 1 N–H and O–H groups in total. The molecule has 0 saturated heterocycles. The Bertz CT molecular complexity index is 461. The van der Waals surface area contributed by atoms with Gasteiger partial charge in [0.05, 0.1) is 8.99 Å². The van der Waals surface area contributed by atoms with Crippen LogP contribution in [0.3, 0.4) is 0 Å². The standard InChI is InChI=1S/C12H13IOS2/c1-2-9-3-4-10(16-9)6-11(14)8-5-12(13)15-7-8/h3-5,7,11,14H,2,6H2,1H3. The summed E-state index contributed by atoms with van der Waals surface area (Å²) in [5.74, 6) is 0. The third-order valence-corrected chi connectivity index (χ3v) is 5.49. The highest BCUT2D eigenvalue weighted by Crippen LogP contribution is 2.27. The monoisotopic (exact) mass is 364 g/mol. The summed E-state index contributed by atoms with van der Waals surface area (Å²) >= 11 is 5.77. The smallest absolute Gasteiger partial charge is 0.0846 e. The van der Waals surface area contributed by atoms with E-state index in [1.54, 1.807) is 22.7 Å². The van der Waals surface area contributed by atoms with Crippen LogP contribution >= 0.6 is 45.3 Å². The zero-order chi connectivity index (χ0) is 11.5. The second-order valence-electron chi connectivity index (χ2n) is 3.63. The van der Waals surface area contributed by atoms with Gasteiger partial charge in [-0.1, -0.05) is 6.92 Å². The molecule has 1 atom stereocenters. The van der Waals surface area contributed by atoms with Gasteiger partial charge in [0, 0.05) is 16.2 Å². The van der Waals surface area contributed by atoms with Crippen molar-refractivity contribution in [3.63, 3.8) is 0 Å². The highest BCUT2D eigenvalue weighted by Gasteiger charge is 2.11. The fourth-order valence-electron chi connectivity index (χ4n) is 1.53. The van der Waals surface area contributed by atoms with Crippen molar-refractivity contribution in [2.75, 3.05) is 0 Å². The zero-order valence-electron chi connectivity index (χ0n) is 8.94. The average molecular weight is 364 g/mol. The molecule has 0 radical (unpaired) electrons. The van der Waals surface area contributed by atoms with E-state index in [1.165, 1.54) is 12.6 Å². The normalized spacial score (nSPS) is 12.9. The van der Waals surface area contributed by atoms with Gasteiger partial charge in [-0.05, 0) is 58.2 Å². The molecule has 2 heterocycles. The van der Waals surface area contributed by atoms with E-state index in [1.807, 2.05) is 5.38 Å². The maximum Gasteiger partial charge on any atom is 0.0846 e. The van der Waals surface area contributed by atoms with E-state index >= 15 is 0 Å².